The van der Waals surface area contributed by atoms with E-state index in [0.717, 1.165) is 6.07 Å². The van der Waals surface area contributed by atoms with E-state index in [1.807, 2.05) is 0 Å². The van der Waals surface area contributed by atoms with Gasteiger partial charge >= 0.3 is 5.97 Å². The minimum atomic E-state index is -1.07. The van der Waals surface area contributed by atoms with E-state index in [0.29, 0.717) is 5.69 Å². The summed E-state index contributed by atoms with van der Waals surface area (Å²) in [5.41, 5.74) is 0.403. The van der Waals surface area contributed by atoms with Gasteiger partial charge in [0.15, 0.2) is 0 Å². The van der Waals surface area contributed by atoms with Gasteiger partial charge in [-0.15, -0.1) is 0 Å². The summed E-state index contributed by atoms with van der Waals surface area (Å²) in [6, 6.07) is 7.08. The minimum absolute atomic E-state index is 0.0765. The molecule has 0 aliphatic carbocycles. The van der Waals surface area contributed by atoms with Crippen molar-refractivity contribution in [2.75, 3.05) is 0 Å². The Morgan fingerprint density at radius 2 is 1.93 bits per heavy atom. The normalized spacial score (nSPS) is 10.2. The van der Waals surface area contributed by atoms with Crippen molar-refractivity contribution in [3.63, 3.8) is 0 Å². The summed E-state index contributed by atoms with van der Waals surface area (Å²) >= 11 is 0. The quantitative estimate of drug-likeness (QED) is 0.817. The van der Waals surface area contributed by atoms with Crippen molar-refractivity contribution in [1.29, 1.82) is 0 Å². The van der Waals surface area contributed by atoms with Crippen molar-refractivity contribution < 1.29 is 14.3 Å². The lowest BCUT2D eigenvalue weighted by atomic mass is 10.1. The van der Waals surface area contributed by atoms with Gasteiger partial charge in [0.1, 0.15) is 5.82 Å². The molecule has 2 rings (SSSR count). The summed E-state index contributed by atoms with van der Waals surface area (Å²) in [7, 11) is 0. The lowest BCUT2D eigenvalue weighted by Gasteiger charge is -2.06. The molecular weight excluding hydrogens is 197 g/mol. The smallest absolute Gasteiger partial charge is 0.337 e. The van der Waals surface area contributed by atoms with Crippen LogP contribution in [-0.4, -0.2) is 15.6 Å². The van der Waals surface area contributed by atoms with Crippen molar-refractivity contribution in [1.82, 2.24) is 4.57 Å². The first-order chi connectivity index (χ1) is 7.18. The molecule has 2 aromatic rings. The SMILES string of the molecule is O=C(O)c1ccc(F)cc1-n1cccc1. The van der Waals surface area contributed by atoms with Gasteiger partial charge in [-0.05, 0) is 30.3 Å². The van der Waals surface area contributed by atoms with Crippen molar-refractivity contribution >= 4 is 5.97 Å². The standard InChI is InChI=1S/C11H8FNO2/c12-8-3-4-9(11(14)15)10(7-8)13-5-1-2-6-13/h1-7H,(H,14,15). The number of aromatic nitrogens is 1. The second-order valence-electron chi connectivity index (χ2n) is 3.06. The summed E-state index contributed by atoms with van der Waals surface area (Å²) in [4.78, 5) is 10.9. The molecule has 0 spiro atoms. The molecular formula is C11H8FNO2. The third-order valence-corrected chi connectivity index (χ3v) is 2.07. The van der Waals surface area contributed by atoms with E-state index >= 15 is 0 Å². The highest BCUT2D eigenvalue weighted by atomic mass is 19.1. The van der Waals surface area contributed by atoms with Crippen molar-refractivity contribution in [3.8, 4) is 5.69 Å². The van der Waals surface area contributed by atoms with E-state index in [9.17, 15) is 9.18 Å². The molecule has 4 heteroatoms. The maximum Gasteiger partial charge on any atom is 0.337 e. The molecule has 3 nitrogen and oxygen atoms in total. The predicted octanol–water partition coefficient (Wildman–Crippen LogP) is 2.31. The lowest BCUT2D eigenvalue weighted by molar-refractivity contribution is 0.0697. The van der Waals surface area contributed by atoms with Gasteiger partial charge in [0, 0.05) is 12.4 Å². The number of carboxylic acids is 1. The first-order valence-electron chi connectivity index (χ1n) is 4.34. The Balaban J connectivity index is 2.63. The van der Waals surface area contributed by atoms with Gasteiger partial charge in [-0.2, -0.15) is 0 Å². The fourth-order valence-electron chi connectivity index (χ4n) is 1.39. The van der Waals surface area contributed by atoms with E-state index < -0.39 is 11.8 Å². The number of nitrogens with zero attached hydrogens (tertiary/aromatic N) is 1. The molecule has 0 saturated carbocycles. The number of halogens is 1. The van der Waals surface area contributed by atoms with Gasteiger partial charge in [0.2, 0.25) is 0 Å². The summed E-state index contributed by atoms with van der Waals surface area (Å²) in [6.07, 6.45) is 3.34. The molecule has 0 bridgehead atoms. The molecule has 1 aromatic heterocycles. The first kappa shape index (κ1) is 9.45. The molecule has 0 aliphatic heterocycles. The van der Waals surface area contributed by atoms with Crippen molar-refractivity contribution in [3.05, 3.63) is 54.1 Å². The Labute approximate surface area is 85.4 Å². The van der Waals surface area contributed by atoms with Crippen LogP contribution in [0.3, 0.4) is 0 Å². The van der Waals surface area contributed by atoms with Crippen LogP contribution in [-0.2, 0) is 0 Å². The van der Waals surface area contributed by atoms with Crippen LogP contribution in [0.1, 0.15) is 10.4 Å². The fraction of sp³-hybridized carbons (Fsp3) is 0. The maximum absolute atomic E-state index is 13.0. The van der Waals surface area contributed by atoms with E-state index in [-0.39, 0.29) is 5.56 Å². The molecule has 0 atom stereocenters. The van der Waals surface area contributed by atoms with E-state index in [4.69, 9.17) is 5.11 Å². The molecule has 0 amide bonds. The highest BCUT2D eigenvalue weighted by Crippen LogP contribution is 2.16. The molecule has 1 N–H and O–H groups in total. The largest absolute Gasteiger partial charge is 0.478 e. The molecule has 0 aliphatic rings. The Morgan fingerprint density at radius 3 is 2.53 bits per heavy atom. The molecule has 1 aromatic carbocycles. The zero-order chi connectivity index (χ0) is 10.8. The molecule has 0 fully saturated rings. The highest BCUT2D eigenvalue weighted by molar-refractivity contribution is 5.91. The molecule has 15 heavy (non-hydrogen) atoms. The third kappa shape index (κ3) is 1.74. The number of carbonyl (C=O) groups is 1. The molecule has 0 radical (unpaired) electrons. The summed E-state index contributed by atoms with van der Waals surface area (Å²) < 4.78 is 14.6. The van der Waals surface area contributed by atoms with Crippen LogP contribution in [0, 0.1) is 5.82 Å². The minimum Gasteiger partial charge on any atom is -0.478 e. The van der Waals surface area contributed by atoms with Crippen LogP contribution < -0.4 is 0 Å². The van der Waals surface area contributed by atoms with E-state index in [2.05, 4.69) is 0 Å². The van der Waals surface area contributed by atoms with Gasteiger partial charge in [-0.1, -0.05) is 0 Å². The van der Waals surface area contributed by atoms with Crippen molar-refractivity contribution in [2.24, 2.45) is 0 Å². The van der Waals surface area contributed by atoms with Gasteiger partial charge in [-0.3, -0.25) is 0 Å². The van der Waals surface area contributed by atoms with Crippen LogP contribution in [0.5, 0.6) is 0 Å². The second-order valence-corrected chi connectivity index (χ2v) is 3.06. The number of hydrogen-bond donors (Lipinski definition) is 1. The Morgan fingerprint density at radius 1 is 1.27 bits per heavy atom. The van der Waals surface area contributed by atoms with Crippen LogP contribution >= 0.6 is 0 Å². The Bertz CT molecular complexity index is 491. The number of carboxylic acid groups (broad SMARTS) is 1. The predicted molar refractivity (Wildman–Crippen MR) is 52.7 cm³/mol. The average molecular weight is 205 g/mol. The Hall–Kier alpha value is -2.10. The second kappa shape index (κ2) is 3.57. The highest BCUT2D eigenvalue weighted by Gasteiger charge is 2.11. The number of benzene rings is 1. The average Bonchev–Trinajstić information content (AvgIpc) is 2.69. The van der Waals surface area contributed by atoms with Crippen LogP contribution in [0.2, 0.25) is 0 Å². The molecule has 1 heterocycles. The zero-order valence-corrected chi connectivity index (χ0v) is 7.72. The first-order valence-corrected chi connectivity index (χ1v) is 4.34. The zero-order valence-electron chi connectivity index (χ0n) is 7.72. The number of aromatic carboxylic acids is 1. The molecule has 76 valence electrons. The van der Waals surface area contributed by atoms with Crippen LogP contribution in [0.15, 0.2) is 42.7 Å². The van der Waals surface area contributed by atoms with Gasteiger partial charge in [0.05, 0.1) is 11.3 Å². The summed E-state index contributed by atoms with van der Waals surface area (Å²) in [5.74, 6) is -1.53. The lowest BCUT2D eigenvalue weighted by Crippen LogP contribution is -2.04. The van der Waals surface area contributed by atoms with Gasteiger partial charge in [0.25, 0.3) is 0 Å². The van der Waals surface area contributed by atoms with E-state index in [1.54, 1.807) is 29.1 Å². The van der Waals surface area contributed by atoms with Gasteiger partial charge in [-0.25, -0.2) is 9.18 Å². The Kier molecular flexibility index (Phi) is 2.25. The third-order valence-electron chi connectivity index (χ3n) is 2.07. The topological polar surface area (TPSA) is 42.2 Å². The monoisotopic (exact) mass is 205 g/mol. The maximum atomic E-state index is 13.0. The fourth-order valence-corrected chi connectivity index (χ4v) is 1.39. The van der Waals surface area contributed by atoms with Gasteiger partial charge < -0.3 is 9.67 Å². The van der Waals surface area contributed by atoms with Crippen LogP contribution in [0.4, 0.5) is 4.39 Å². The summed E-state index contributed by atoms with van der Waals surface area (Å²) in [6.45, 7) is 0. The number of hydrogen-bond acceptors (Lipinski definition) is 1. The summed E-state index contributed by atoms with van der Waals surface area (Å²) in [5, 5.41) is 8.92. The van der Waals surface area contributed by atoms with Crippen molar-refractivity contribution in [2.45, 2.75) is 0 Å². The molecule has 0 unspecified atom stereocenters. The van der Waals surface area contributed by atoms with E-state index in [1.165, 1.54) is 12.1 Å². The number of rotatable bonds is 2. The van der Waals surface area contributed by atoms with Crippen LogP contribution in [0.25, 0.3) is 5.69 Å². The molecule has 0 saturated heterocycles.